The lowest BCUT2D eigenvalue weighted by Crippen LogP contribution is -2.39. The number of ether oxygens (including phenoxy) is 2. The highest BCUT2D eigenvalue weighted by Gasteiger charge is 2.20. The van der Waals surface area contributed by atoms with Gasteiger partial charge in [-0.1, -0.05) is 30.3 Å². The van der Waals surface area contributed by atoms with E-state index in [1.807, 2.05) is 30.0 Å². The Hall–Kier alpha value is -2.18. The van der Waals surface area contributed by atoms with E-state index < -0.39 is 0 Å². The number of carbonyl (C=O) groups is 1. The second-order valence-electron chi connectivity index (χ2n) is 7.27. The molecule has 29 heavy (non-hydrogen) atoms. The number of methoxy groups -OCH3 is 1. The SMILES string of the molecule is COc1ccccc1OCC(=O)NCC1CCN(Cc2ccccc2SC)CC1. The number of para-hydroxylation sites is 2. The Labute approximate surface area is 177 Å². The maximum atomic E-state index is 12.1. The van der Waals surface area contributed by atoms with Crippen molar-refractivity contribution < 1.29 is 14.3 Å². The van der Waals surface area contributed by atoms with E-state index in [1.165, 1.54) is 10.5 Å². The third kappa shape index (κ3) is 6.41. The maximum Gasteiger partial charge on any atom is 0.257 e. The van der Waals surface area contributed by atoms with Crippen LogP contribution in [0.2, 0.25) is 0 Å². The third-order valence-corrected chi connectivity index (χ3v) is 6.15. The Kier molecular flexibility index (Phi) is 8.25. The first-order valence-corrected chi connectivity index (χ1v) is 11.3. The van der Waals surface area contributed by atoms with Crippen molar-refractivity contribution in [1.29, 1.82) is 0 Å². The smallest absolute Gasteiger partial charge is 0.257 e. The summed E-state index contributed by atoms with van der Waals surface area (Å²) in [5.74, 6) is 1.66. The number of likely N-dealkylation sites (tertiary alicyclic amines) is 1. The van der Waals surface area contributed by atoms with Crippen LogP contribution < -0.4 is 14.8 Å². The van der Waals surface area contributed by atoms with Gasteiger partial charge in [-0.3, -0.25) is 9.69 Å². The van der Waals surface area contributed by atoms with E-state index >= 15 is 0 Å². The van der Waals surface area contributed by atoms with E-state index in [0.717, 1.165) is 32.5 Å². The fourth-order valence-corrected chi connectivity index (χ4v) is 4.22. The van der Waals surface area contributed by atoms with E-state index in [1.54, 1.807) is 13.2 Å². The Morgan fingerprint density at radius 3 is 2.52 bits per heavy atom. The van der Waals surface area contributed by atoms with Crippen molar-refractivity contribution in [1.82, 2.24) is 10.2 Å². The van der Waals surface area contributed by atoms with Crippen LogP contribution in [0.15, 0.2) is 53.4 Å². The molecule has 0 unspecified atom stereocenters. The first-order valence-electron chi connectivity index (χ1n) is 10.1. The molecule has 0 atom stereocenters. The highest BCUT2D eigenvalue weighted by atomic mass is 32.2. The lowest BCUT2D eigenvalue weighted by atomic mass is 9.96. The summed E-state index contributed by atoms with van der Waals surface area (Å²) in [4.78, 5) is 16.0. The molecule has 1 amide bonds. The van der Waals surface area contributed by atoms with Crippen molar-refractivity contribution in [2.45, 2.75) is 24.3 Å². The van der Waals surface area contributed by atoms with Gasteiger partial charge in [0.25, 0.3) is 5.91 Å². The molecule has 0 bridgehead atoms. The number of nitrogens with one attached hydrogen (secondary N) is 1. The first kappa shape index (κ1) is 21.5. The van der Waals surface area contributed by atoms with Gasteiger partial charge < -0.3 is 14.8 Å². The lowest BCUT2D eigenvalue weighted by molar-refractivity contribution is -0.123. The molecule has 1 fully saturated rings. The molecule has 1 aliphatic heterocycles. The van der Waals surface area contributed by atoms with Gasteiger partial charge in [0.2, 0.25) is 0 Å². The first-order chi connectivity index (χ1) is 14.2. The van der Waals surface area contributed by atoms with Gasteiger partial charge in [0.1, 0.15) is 0 Å². The van der Waals surface area contributed by atoms with Gasteiger partial charge >= 0.3 is 0 Å². The molecule has 1 N–H and O–H groups in total. The minimum absolute atomic E-state index is 0.00465. The molecule has 0 aliphatic carbocycles. The molecular formula is C23H30N2O3S. The maximum absolute atomic E-state index is 12.1. The van der Waals surface area contributed by atoms with Gasteiger partial charge in [0.15, 0.2) is 18.1 Å². The van der Waals surface area contributed by atoms with Gasteiger partial charge in [-0.05, 0) is 61.9 Å². The molecular weight excluding hydrogens is 384 g/mol. The van der Waals surface area contributed by atoms with Gasteiger partial charge in [-0.2, -0.15) is 0 Å². The molecule has 1 aliphatic rings. The number of thioether (sulfide) groups is 1. The van der Waals surface area contributed by atoms with E-state index in [2.05, 4.69) is 40.7 Å². The van der Waals surface area contributed by atoms with Gasteiger partial charge in [0, 0.05) is 18.0 Å². The van der Waals surface area contributed by atoms with Gasteiger partial charge in [0.05, 0.1) is 7.11 Å². The van der Waals surface area contributed by atoms with Crippen molar-refractivity contribution in [3.05, 3.63) is 54.1 Å². The summed E-state index contributed by atoms with van der Waals surface area (Å²) in [5.41, 5.74) is 1.40. The van der Waals surface area contributed by atoms with E-state index in [-0.39, 0.29) is 12.5 Å². The number of benzene rings is 2. The number of nitrogens with zero attached hydrogens (tertiary/aromatic N) is 1. The minimum Gasteiger partial charge on any atom is -0.493 e. The van der Waals surface area contributed by atoms with Crippen molar-refractivity contribution in [2.75, 3.05) is 39.6 Å². The number of carbonyl (C=O) groups excluding carboxylic acids is 1. The molecule has 1 saturated heterocycles. The van der Waals surface area contributed by atoms with Crippen LogP contribution in [0.5, 0.6) is 11.5 Å². The van der Waals surface area contributed by atoms with Crippen LogP contribution in [0, 0.1) is 5.92 Å². The molecule has 0 saturated carbocycles. The average Bonchev–Trinajstić information content (AvgIpc) is 2.77. The fourth-order valence-electron chi connectivity index (χ4n) is 3.61. The van der Waals surface area contributed by atoms with Crippen molar-refractivity contribution in [3.63, 3.8) is 0 Å². The van der Waals surface area contributed by atoms with Crippen LogP contribution >= 0.6 is 11.8 Å². The largest absolute Gasteiger partial charge is 0.493 e. The zero-order valence-corrected chi connectivity index (χ0v) is 18.0. The summed E-state index contributed by atoms with van der Waals surface area (Å²) in [6, 6.07) is 16.0. The molecule has 3 rings (SSSR count). The Morgan fingerprint density at radius 2 is 1.79 bits per heavy atom. The average molecular weight is 415 g/mol. The summed E-state index contributed by atoms with van der Waals surface area (Å²) in [7, 11) is 1.59. The highest BCUT2D eigenvalue weighted by molar-refractivity contribution is 7.98. The Bertz CT molecular complexity index is 791. The topological polar surface area (TPSA) is 50.8 Å². The quantitative estimate of drug-likeness (QED) is 0.632. The summed E-state index contributed by atoms with van der Waals surface area (Å²) in [5, 5.41) is 3.02. The zero-order valence-electron chi connectivity index (χ0n) is 17.2. The molecule has 5 nitrogen and oxygen atoms in total. The monoisotopic (exact) mass is 414 g/mol. The van der Waals surface area contributed by atoms with E-state index in [0.29, 0.717) is 24.0 Å². The predicted molar refractivity (Wildman–Crippen MR) is 118 cm³/mol. The number of amides is 1. The molecule has 2 aromatic carbocycles. The van der Waals surface area contributed by atoms with E-state index in [9.17, 15) is 4.79 Å². The summed E-state index contributed by atoms with van der Waals surface area (Å²) >= 11 is 1.81. The molecule has 1 heterocycles. The molecule has 0 spiro atoms. The number of hydrogen-bond acceptors (Lipinski definition) is 5. The van der Waals surface area contributed by atoms with Crippen molar-refractivity contribution in [3.8, 4) is 11.5 Å². The zero-order chi connectivity index (χ0) is 20.5. The Balaban J connectivity index is 1.37. The fraction of sp³-hybridized carbons (Fsp3) is 0.435. The van der Waals surface area contributed by atoms with Crippen LogP contribution in [0.3, 0.4) is 0 Å². The molecule has 6 heteroatoms. The predicted octanol–water partition coefficient (Wildman–Crippen LogP) is 3.82. The van der Waals surface area contributed by atoms with Crippen molar-refractivity contribution in [2.24, 2.45) is 5.92 Å². The van der Waals surface area contributed by atoms with Gasteiger partial charge in [-0.15, -0.1) is 11.8 Å². The second-order valence-corrected chi connectivity index (χ2v) is 8.12. The van der Waals surface area contributed by atoms with Gasteiger partial charge in [-0.25, -0.2) is 0 Å². The van der Waals surface area contributed by atoms with Crippen LogP contribution in [-0.4, -0.2) is 50.4 Å². The molecule has 0 radical (unpaired) electrons. The normalized spacial score (nSPS) is 15.1. The van der Waals surface area contributed by atoms with Crippen LogP contribution in [0.25, 0.3) is 0 Å². The Morgan fingerprint density at radius 1 is 1.10 bits per heavy atom. The van der Waals surface area contributed by atoms with E-state index in [4.69, 9.17) is 9.47 Å². The number of hydrogen-bond donors (Lipinski definition) is 1. The number of piperidine rings is 1. The lowest BCUT2D eigenvalue weighted by Gasteiger charge is -2.32. The van der Waals surface area contributed by atoms with Crippen LogP contribution in [0.1, 0.15) is 18.4 Å². The number of rotatable bonds is 9. The third-order valence-electron chi connectivity index (χ3n) is 5.31. The van der Waals surface area contributed by atoms with Crippen molar-refractivity contribution >= 4 is 17.7 Å². The van der Waals surface area contributed by atoms with Crippen LogP contribution in [-0.2, 0) is 11.3 Å². The standard InChI is InChI=1S/C23H30N2O3S/c1-27-20-8-4-5-9-21(20)28-17-23(26)24-15-18-11-13-25(14-12-18)16-19-7-3-6-10-22(19)29-2/h3-10,18H,11-17H2,1-2H3,(H,24,26). The molecule has 156 valence electrons. The highest BCUT2D eigenvalue weighted by Crippen LogP contribution is 2.26. The minimum atomic E-state index is -0.0905. The summed E-state index contributed by atoms with van der Waals surface area (Å²) < 4.78 is 10.8. The second kappa shape index (κ2) is 11.1. The molecule has 0 aromatic heterocycles. The molecule has 2 aromatic rings. The summed E-state index contributed by atoms with van der Waals surface area (Å²) in [6.07, 6.45) is 4.34. The summed E-state index contributed by atoms with van der Waals surface area (Å²) in [6.45, 7) is 3.86. The van der Waals surface area contributed by atoms with Crippen LogP contribution in [0.4, 0.5) is 0 Å².